The van der Waals surface area contributed by atoms with E-state index in [0.29, 0.717) is 28.3 Å². The number of nitrogens with one attached hydrogen (secondary N) is 1. The van der Waals surface area contributed by atoms with E-state index in [2.05, 4.69) is 5.32 Å². The first kappa shape index (κ1) is 26.0. The monoisotopic (exact) mass is 504 g/mol. The molecule has 0 bridgehead atoms. The van der Waals surface area contributed by atoms with Crippen molar-refractivity contribution in [3.63, 3.8) is 0 Å². The molecule has 0 aliphatic carbocycles. The Kier molecular flexibility index (Phi) is 7.40. The van der Waals surface area contributed by atoms with Crippen molar-refractivity contribution in [3.8, 4) is 17.2 Å². The molecule has 8 heteroatoms. The van der Waals surface area contributed by atoms with Gasteiger partial charge >= 0.3 is 5.97 Å². The van der Waals surface area contributed by atoms with Gasteiger partial charge in [-0.3, -0.25) is 10.1 Å². The second-order valence-electron chi connectivity index (χ2n) is 9.29. The minimum absolute atomic E-state index is 0.0879. The van der Waals surface area contributed by atoms with Crippen LogP contribution in [-0.4, -0.2) is 49.9 Å². The number of carbonyl (C=O) groups is 2. The molecule has 0 spiro atoms. The van der Waals surface area contributed by atoms with Gasteiger partial charge in [0.1, 0.15) is 22.8 Å². The highest BCUT2D eigenvalue weighted by Gasteiger charge is 2.52. The predicted octanol–water partition coefficient (Wildman–Crippen LogP) is 4.13. The summed E-state index contributed by atoms with van der Waals surface area (Å²) in [5, 5.41) is 14.0. The van der Waals surface area contributed by atoms with Gasteiger partial charge < -0.3 is 24.2 Å². The molecule has 1 aliphatic heterocycles. The highest BCUT2D eigenvalue weighted by atomic mass is 16.5. The Labute approximate surface area is 216 Å². The number of rotatable bonds is 8. The molecular formula is C29H32N2O6. The third-order valence-corrected chi connectivity index (χ3v) is 6.57. The van der Waals surface area contributed by atoms with Gasteiger partial charge in [0.25, 0.3) is 0 Å². The number of carboxylic acids is 1. The summed E-state index contributed by atoms with van der Waals surface area (Å²) in [5.74, 6) is -0.190. The number of hydrogen-bond acceptors (Lipinski definition) is 6. The van der Waals surface area contributed by atoms with Gasteiger partial charge in [0.05, 0.1) is 20.8 Å². The zero-order chi connectivity index (χ0) is 26.7. The average molecular weight is 505 g/mol. The average Bonchev–Trinajstić information content (AvgIpc) is 3.01. The summed E-state index contributed by atoms with van der Waals surface area (Å²) in [4.78, 5) is 28.2. The molecule has 1 aliphatic rings. The molecule has 194 valence electrons. The van der Waals surface area contributed by atoms with Gasteiger partial charge in [0.2, 0.25) is 12.0 Å². The number of amides is 1. The topological polar surface area (TPSA) is 97.3 Å². The van der Waals surface area contributed by atoms with E-state index in [9.17, 15) is 14.7 Å². The van der Waals surface area contributed by atoms with Crippen LogP contribution < -0.4 is 24.4 Å². The number of aliphatic carboxylic acids is 1. The van der Waals surface area contributed by atoms with E-state index in [1.807, 2.05) is 69.3 Å². The van der Waals surface area contributed by atoms with Crippen LogP contribution in [0.5, 0.6) is 17.2 Å². The largest absolute Gasteiger partial charge is 0.496 e. The van der Waals surface area contributed by atoms with Crippen molar-refractivity contribution in [2.24, 2.45) is 0 Å². The number of benzene rings is 3. The quantitative estimate of drug-likeness (QED) is 0.476. The lowest BCUT2D eigenvalue weighted by Crippen LogP contribution is -2.58. The van der Waals surface area contributed by atoms with E-state index in [1.165, 1.54) is 14.2 Å². The summed E-state index contributed by atoms with van der Waals surface area (Å²) in [6.45, 7) is 5.72. The number of aryl methyl sites for hydroxylation is 1. The molecular weight excluding hydrogens is 472 g/mol. The number of hydrogen-bond donors (Lipinski definition) is 2. The van der Waals surface area contributed by atoms with E-state index in [-0.39, 0.29) is 24.2 Å². The van der Waals surface area contributed by atoms with Crippen molar-refractivity contribution >= 4 is 17.6 Å². The molecule has 1 amide bonds. The van der Waals surface area contributed by atoms with Gasteiger partial charge in [-0.15, -0.1) is 0 Å². The van der Waals surface area contributed by atoms with Gasteiger partial charge in [-0.05, 0) is 32.4 Å². The van der Waals surface area contributed by atoms with Gasteiger partial charge in [0, 0.05) is 35.5 Å². The Morgan fingerprint density at radius 2 is 1.59 bits per heavy atom. The van der Waals surface area contributed by atoms with E-state index in [0.717, 1.165) is 5.56 Å². The minimum atomic E-state index is -1.47. The Balaban J connectivity index is 2.02. The highest BCUT2D eigenvalue weighted by Crippen LogP contribution is 2.43. The number of anilines is 1. The maximum absolute atomic E-state index is 13.4. The Bertz CT molecular complexity index is 1270. The van der Waals surface area contributed by atoms with E-state index < -0.39 is 17.6 Å². The summed E-state index contributed by atoms with van der Waals surface area (Å²) < 4.78 is 17.0. The number of ether oxygens (including phenoxy) is 3. The van der Waals surface area contributed by atoms with Crippen LogP contribution in [0.3, 0.4) is 0 Å². The highest BCUT2D eigenvalue weighted by molar-refractivity contribution is 5.98. The molecule has 1 heterocycles. The summed E-state index contributed by atoms with van der Waals surface area (Å²) in [6, 6.07) is 19.7. The summed E-state index contributed by atoms with van der Waals surface area (Å²) in [7, 11) is 3.02. The predicted molar refractivity (Wildman–Crippen MR) is 141 cm³/mol. The number of methoxy groups -OCH3 is 2. The molecule has 4 rings (SSSR count). The number of nitrogens with zero attached hydrogens (tertiary/aromatic N) is 1. The third-order valence-electron chi connectivity index (χ3n) is 6.57. The number of fused-ring (bicyclic) bond motifs is 1. The number of carboxylic acid groups (broad SMARTS) is 1. The first-order valence-electron chi connectivity index (χ1n) is 12.1. The van der Waals surface area contributed by atoms with Crippen LogP contribution in [0, 0.1) is 6.92 Å². The maximum Gasteiger partial charge on any atom is 0.347 e. The first-order valence-corrected chi connectivity index (χ1v) is 12.1. The van der Waals surface area contributed by atoms with Crippen LogP contribution in [0.15, 0.2) is 66.7 Å². The summed E-state index contributed by atoms with van der Waals surface area (Å²) in [5.41, 5.74) is 1.44. The van der Waals surface area contributed by atoms with Crippen molar-refractivity contribution in [1.29, 1.82) is 0 Å². The van der Waals surface area contributed by atoms with E-state index in [1.54, 1.807) is 23.1 Å². The van der Waals surface area contributed by atoms with Crippen molar-refractivity contribution in [1.82, 2.24) is 5.32 Å². The Morgan fingerprint density at radius 1 is 0.973 bits per heavy atom. The third kappa shape index (κ3) is 4.84. The van der Waals surface area contributed by atoms with Gasteiger partial charge in [-0.1, -0.05) is 48.0 Å². The van der Waals surface area contributed by atoms with Crippen LogP contribution in [0.4, 0.5) is 5.69 Å². The van der Waals surface area contributed by atoms with E-state index >= 15 is 0 Å². The van der Waals surface area contributed by atoms with Crippen LogP contribution in [0.1, 0.15) is 30.5 Å². The minimum Gasteiger partial charge on any atom is -0.496 e. The zero-order valence-electron chi connectivity index (χ0n) is 21.6. The molecule has 0 saturated heterocycles. The van der Waals surface area contributed by atoms with Gasteiger partial charge in [0.15, 0.2) is 0 Å². The maximum atomic E-state index is 13.4. The fourth-order valence-corrected chi connectivity index (χ4v) is 4.93. The number of carbonyl (C=O) groups excluding carboxylic acids is 1. The van der Waals surface area contributed by atoms with Crippen molar-refractivity contribution in [3.05, 3.63) is 83.4 Å². The Morgan fingerprint density at radius 3 is 2.16 bits per heavy atom. The van der Waals surface area contributed by atoms with Crippen LogP contribution >= 0.6 is 0 Å². The SMILES string of the molecule is COc1cc(OC)cc(O[C@H](C(=O)O)[C@@]2(c3ccccc3)NCC(=O)N(C(C)C)c3ccc(C)cc32)c1. The van der Waals surface area contributed by atoms with E-state index in [4.69, 9.17) is 14.2 Å². The van der Waals surface area contributed by atoms with Crippen LogP contribution in [-0.2, 0) is 15.1 Å². The van der Waals surface area contributed by atoms with Crippen molar-refractivity contribution < 1.29 is 28.9 Å². The lowest BCUT2D eigenvalue weighted by Gasteiger charge is -2.40. The van der Waals surface area contributed by atoms with Gasteiger partial charge in [-0.2, -0.15) is 0 Å². The van der Waals surface area contributed by atoms with Crippen molar-refractivity contribution in [2.75, 3.05) is 25.7 Å². The molecule has 3 aromatic rings. The Hall–Kier alpha value is -4.04. The molecule has 8 nitrogen and oxygen atoms in total. The second kappa shape index (κ2) is 10.5. The summed E-state index contributed by atoms with van der Waals surface area (Å²) in [6.07, 6.45) is -1.47. The molecule has 0 saturated carbocycles. The normalized spacial score (nSPS) is 18.1. The molecule has 0 aromatic heterocycles. The first-order chi connectivity index (χ1) is 17.7. The van der Waals surface area contributed by atoms with Crippen molar-refractivity contribution in [2.45, 2.75) is 38.5 Å². The molecule has 0 radical (unpaired) electrons. The second-order valence-corrected chi connectivity index (χ2v) is 9.29. The lowest BCUT2D eigenvalue weighted by molar-refractivity contribution is -0.149. The molecule has 0 unspecified atom stereocenters. The lowest BCUT2D eigenvalue weighted by atomic mass is 9.76. The van der Waals surface area contributed by atoms with Crippen LogP contribution in [0.2, 0.25) is 0 Å². The zero-order valence-corrected chi connectivity index (χ0v) is 21.6. The van der Waals surface area contributed by atoms with Crippen LogP contribution in [0.25, 0.3) is 0 Å². The smallest absolute Gasteiger partial charge is 0.347 e. The molecule has 3 aromatic carbocycles. The fourth-order valence-electron chi connectivity index (χ4n) is 4.93. The van der Waals surface area contributed by atoms with Gasteiger partial charge in [-0.25, -0.2) is 4.79 Å². The molecule has 2 atom stereocenters. The molecule has 2 N–H and O–H groups in total. The standard InChI is InChI=1S/C29H32N2O6/c1-18(2)31-25-12-11-19(3)13-24(25)29(30-17-26(31)32,20-9-7-6-8-10-20)27(28(33)34)37-23-15-21(35-4)14-22(16-23)36-5/h6-16,18,27,30H,17H2,1-5H3,(H,33,34)/t27-,29+/m1/s1. The molecule has 37 heavy (non-hydrogen) atoms. The summed E-state index contributed by atoms with van der Waals surface area (Å²) >= 11 is 0. The fraction of sp³-hybridized carbons (Fsp3) is 0.310. The molecule has 0 fully saturated rings.